The van der Waals surface area contributed by atoms with Crippen LogP contribution < -0.4 is 14.4 Å². The second-order valence-electron chi connectivity index (χ2n) is 7.34. The Morgan fingerprint density at radius 1 is 1.24 bits per heavy atom. The Labute approximate surface area is 196 Å². The third kappa shape index (κ3) is 5.11. The highest BCUT2D eigenvalue weighted by molar-refractivity contribution is 7.99. The van der Waals surface area contributed by atoms with Gasteiger partial charge in [-0.3, -0.25) is 9.10 Å². The molecule has 0 radical (unpaired) electrons. The first-order valence-electron chi connectivity index (χ1n) is 10.4. The van der Waals surface area contributed by atoms with Gasteiger partial charge in [0.1, 0.15) is 5.75 Å². The number of tetrazole rings is 1. The average Bonchev–Trinajstić information content (AvgIpc) is 3.56. The highest BCUT2D eigenvalue weighted by Crippen LogP contribution is 2.36. The lowest BCUT2D eigenvalue weighted by Gasteiger charge is -2.23. The smallest absolute Gasteiger partial charge is 0.264 e. The second kappa shape index (κ2) is 9.79. The zero-order valence-electron chi connectivity index (χ0n) is 18.2. The van der Waals surface area contributed by atoms with Gasteiger partial charge in [-0.2, -0.15) is 0 Å². The van der Waals surface area contributed by atoms with Crippen LogP contribution in [0.25, 0.3) is 0 Å². The van der Waals surface area contributed by atoms with Crippen molar-refractivity contribution >= 4 is 39.1 Å². The Hall–Kier alpha value is -3.12. The van der Waals surface area contributed by atoms with E-state index in [1.807, 2.05) is 6.07 Å². The minimum absolute atomic E-state index is 0.0506. The lowest BCUT2D eigenvalue weighted by atomic mass is 10.3. The molecule has 1 heterocycles. The van der Waals surface area contributed by atoms with E-state index in [-0.39, 0.29) is 28.8 Å². The van der Waals surface area contributed by atoms with Crippen molar-refractivity contribution in [1.29, 1.82) is 0 Å². The molecular weight excluding hydrogens is 464 g/mol. The Morgan fingerprint density at radius 2 is 2.00 bits per heavy atom. The molecule has 1 amide bonds. The summed E-state index contributed by atoms with van der Waals surface area (Å²) in [5.74, 6) is 0.102. The zero-order valence-corrected chi connectivity index (χ0v) is 19.8. The number of sulfonamides is 1. The molecule has 1 aliphatic carbocycles. The SMILES string of the molecule is CCN(c1ccccc1)S(=O)(=O)c1ccc(OC)c(NC(=O)CSc2nnnn2C2CC2)c1. The van der Waals surface area contributed by atoms with Gasteiger partial charge in [0.2, 0.25) is 11.1 Å². The van der Waals surface area contributed by atoms with E-state index in [1.54, 1.807) is 35.9 Å². The number of para-hydroxylation sites is 1. The molecule has 0 unspecified atom stereocenters. The summed E-state index contributed by atoms with van der Waals surface area (Å²) in [6.45, 7) is 2.02. The van der Waals surface area contributed by atoms with Gasteiger partial charge in [-0.05, 0) is 60.5 Å². The molecule has 4 rings (SSSR count). The number of anilines is 2. The fourth-order valence-corrected chi connectivity index (χ4v) is 5.55. The molecule has 10 nitrogen and oxygen atoms in total. The van der Waals surface area contributed by atoms with Crippen LogP contribution in [0.15, 0.2) is 58.6 Å². The van der Waals surface area contributed by atoms with Crippen LogP contribution in [-0.2, 0) is 14.8 Å². The summed E-state index contributed by atoms with van der Waals surface area (Å²) >= 11 is 1.23. The molecule has 1 saturated carbocycles. The van der Waals surface area contributed by atoms with Gasteiger partial charge >= 0.3 is 0 Å². The van der Waals surface area contributed by atoms with Crippen LogP contribution in [-0.4, -0.2) is 53.9 Å². The van der Waals surface area contributed by atoms with Gasteiger partial charge in [0.05, 0.1) is 35.2 Å². The van der Waals surface area contributed by atoms with Crippen molar-refractivity contribution < 1.29 is 17.9 Å². The number of hydrogen-bond acceptors (Lipinski definition) is 8. The monoisotopic (exact) mass is 488 g/mol. The Bertz CT molecular complexity index is 1230. The summed E-state index contributed by atoms with van der Waals surface area (Å²) in [5.41, 5.74) is 0.835. The number of methoxy groups -OCH3 is 1. The van der Waals surface area contributed by atoms with E-state index in [0.717, 1.165) is 12.8 Å². The van der Waals surface area contributed by atoms with E-state index in [0.29, 0.717) is 22.6 Å². The van der Waals surface area contributed by atoms with Crippen molar-refractivity contribution in [1.82, 2.24) is 20.2 Å². The number of nitrogens with zero attached hydrogens (tertiary/aromatic N) is 5. The van der Waals surface area contributed by atoms with Gasteiger partial charge < -0.3 is 10.1 Å². The molecule has 1 aromatic heterocycles. The van der Waals surface area contributed by atoms with Crippen molar-refractivity contribution in [2.45, 2.75) is 35.9 Å². The van der Waals surface area contributed by atoms with E-state index in [4.69, 9.17) is 4.74 Å². The van der Waals surface area contributed by atoms with E-state index in [9.17, 15) is 13.2 Å². The summed E-state index contributed by atoms with van der Waals surface area (Å²) in [4.78, 5) is 12.7. The maximum Gasteiger partial charge on any atom is 0.264 e. The highest BCUT2D eigenvalue weighted by Gasteiger charge is 2.28. The van der Waals surface area contributed by atoms with Gasteiger partial charge in [0, 0.05) is 6.54 Å². The number of ether oxygens (including phenoxy) is 1. The number of thioether (sulfide) groups is 1. The van der Waals surface area contributed by atoms with Crippen molar-refractivity contribution in [3.05, 3.63) is 48.5 Å². The molecule has 1 N–H and O–H groups in total. The van der Waals surface area contributed by atoms with Crippen LogP contribution >= 0.6 is 11.8 Å². The van der Waals surface area contributed by atoms with Crippen LogP contribution in [0, 0.1) is 0 Å². The predicted molar refractivity (Wildman–Crippen MR) is 125 cm³/mol. The van der Waals surface area contributed by atoms with Gasteiger partial charge in [-0.1, -0.05) is 30.0 Å². The van der Waals surface area contributed by atoms with Crippen LogP contribution in [0.1, 0.15) is 25.8 Å². The largest absolute Gasteiger partial charge is 0.495 e. The number of aromatic nitrogens is 4. The summed E-state index contributed by atoms with van der Waals surface area (Å²) in [6, 6.07) is 13.6. The number of rotatable bonds is 10. The van der Waals surface area contributed by atoms with Crippen LogP contribution in [0.3, 0.4) is 0 Å². The van der Waals surface area contributed by atoms with E-state index in [1.165, 1.54) is 41.4 Å². The molecule has 3 aromatic rings. The lowest BCUT2D eigenvalue weighted by molar-refractivity contribution is -0.113. The molecule has 12 heteroatoms. The zero-order chi connectivity index (χ0) is 23.4. The number of hydrogen-bond donors (Lipinski definition) is 1. The van der Waals surface area contributed by atoms with Gasteiger partial charge in [-0.15, -0.1) is 5.10 Å². The summed E-state index contributed by atoms with van der Waals surface area (Å²) in [7, 11) is -2.39. The molecule has 0 aliphatic heterocycles. The first-order valence-corrected chi connectivity index (χ1v) is 12.8. The summed E-state index contributed by atoms with van der Waals surface area (Å²) < 4.78 is 35.0. The molecule has 0 saturated heterocycles. The van der Waals surface area contributed by atoms with E-state index < -0.39 is 10.0 Å². The van der Waals surface area contributed by atoms with Gasteiger partial charge in [0.25, 0.3) is 10.0 Å². The topological polar surface area (TPSA) is 119 Å². The molecule has 33 heavy (non-hydrogen) atoms. The maximum absolute atomic E-state index is 13.3. The predicted octanol–water partition coefficient (Wildman–Crippen LogP) is 2.96. The van der Waals surface area contributed by atoms with Crippen LogP contribution in [0.4, 0.5) is 11.4 Å². The number of amides is 1. The fraction of sp³-hybridized carbons (Fsp3) is 0.333. The molecule has 1 aliphatic rings. The van der Waals surface area contributed by atoms with Crippen molar-refractivity contribution in [2.75, 3.05) is 29.0 Å². The minimum Gasteiger partial charge on any atom is -0.495 e. The molecule has 0 atom stereocenters. The van der Waals surface area contributed by atoms with Crippen molar-refractivity contribution in [2.24, 2.45) is 0 Å². The third-order valence-corrected chi connectivity index (χ3v) is 7.88. The number of carbonyl (C=O) groups is 1. The Kier molecular flexibility index (Phi) is 6.84. The average molecular weight is 489 g/mol. The number of benzene rings is 2. The fourth-order valence-electron chi connectivity index (χ4n) is 3.30. The summed E-state index contributed by atoms with van der Waals surface area (Å²) in [6.07, 6.45) is 2.06. The minimum atomic E-state index is -3.85. The van der Waals surface area contributed by atoms with Crippen LogP contribution in [0.5, 0.6) is 5.75 Å². The molecule has 0 bridgehead atoms. The van der Waals surface area contributed by atoms with E-state index in [2.05, 4.69) is 20.8 Å². The van der Waals surface area contributed by atoms with Crippen molar-refractivity contribution in [3.8, 4) is 5.75 Å². The lowest BCUT2D eigenvalue weighted by Crippen LogP contribution is -2.30. The van der Waals surface area contributed by atoms with Crippen LogP contribution in [0.2, 0.25) is 0 Å². The molecule has 0 spiro atoms. The van der Waals surface area contributed by atoms with Gasteiger partial charge in [0.15, 0.2) is 0 Å². The van der Waals surface area contributed by atoms with E-state index >= 15 is 0 Å². The standard InChI is InChI=1S/C21H24N6O4S2/c1-3-26(15-7-5-4-6-8-15)33(29,30)17-11-12-19(31-2)18(13-17)22-20(28)14-32-21-23-24-25-27(21)16-9-10-16/h4-8,11-13,16H,3,9-10,14H2,1-2H3,(H,22,28). The second-order valence-corrected chi connectivity index (χ2v) is 10.1. The Balaban J connectivity index is 1.52. The third-order valence-electron chi connectivity index (χ3n) is 5.05. The Morgan fingerprint density at radius 3 is 2.67 bits per heavy atom. The maximum atomic E-state index is 13.3. The van der Waals surface area contributed by atoms with Crippen molar-refractivity contribution in [3.63, 3.8) is 0 Å². The first kappa shape index (κ1) is 23.1. The molecular formula is C21H24N6O4S2. The normalized spacial score (nSPS) is 13.5. The quantitative estimate of drug-likeness (QED) is 0.433. The number of nitrogens with one attached hydrogen (secondary N) is 1. The first-order chi connectivity index (χ1) is 15.9. The molecule has 2 aromatic carbocycles. The summed E-state index contributed by atoms with van der Waals surface area (Å²) in [5, 5.41) is 14.9. The molecule has 174 valence electrons. The molecule has 1 fully saturated rings. The van der Waals surface area contributed by atoms with Gasteiger partial charge in [-0.25, -0.2) is 13.1 Å². The highest BCUT2D eigenvalue weighted by atomic mass is 32.2. The number of carbonyl (C=O) groups excluding carboxylic acids is 1.